The number of fused-ring (bicyclic) bond motifs is 2. The maximum Gasteiger partial charge on any atom is 0.410 e. The molecule has 8 heteroatoms. The minimum absolute atomic E-state index is 0.0702. The zero-order valence-electron chi connectivity index (χ0n) is 22.2. The zero-order valence-corrected chi connectivity index (χ0v) is 23.0. The molecular formula is C28H38N4O3S. The second-order valence-electron chi connectivity index (χ2n) is 11.8. The largest absolute Gasteiger partial charge is 0.444 e. The minimum atomic E-state index is -1.26. The molecule has 1 fully saturated rings. The summed E-state index contributed by atoms with van der Waals surface area (Å²) in [6, 6.07) is 8.89. The van der Waals surface area contributed by atoms with Crippen molar-refractivity contribution >= 4 is 22.7 Å². The molecule has 1 saturated heterocycles. The van der Waals surface area contributed by atoms with Gasteiger partial charge in [-0.05, 0) is 82.8 Å². The Balaban J connectivity index is 1.41. The van der Waals surface area contributed by atoms with Gasteiger partial charge in [0.15, 0.2) is 0 Å². The van der Waals surface area contributed by atoms with Gasteiger partial charge in [-0.2, -0.15) is 0 Å². The summed E-state index contributed by atoms with van der Waals surface area (Å²) in [5.41, 5.74) is 4.90. The summed E-state index contributed by atoms with van der Waals surface area (Å²) in [6.07, 6.45) is 7.70. The van der Waals surface area contributed by atoms with E-state index in [0.717, 1.165) is 50.0 Å². The van der Waals surface area contributed by atoms with Crippen LogP contribution in [-0.2, 0) is 41.2 Å². The van der Waals surface area contributed by atoms with Crippen LogP contribution in [0.25, 0.3) is 0 Å². The summed E-state index contributed by atoms with van der Waals surface area (Å²) in [7, 11) is -1.26. The van der Waals surface area contributed by atoms with Crippen LogP contribution >= 0.6 is 0 Å². The molecule has 0 radical (unpaired) electrons. The lowest BCUT2D eigenvalue weighted by molar-refractivity contribution is 0.0218. The van der Waals surface area contributed by atoms with Gasteiger partial charge in [0.25, 0.3) is 0 Å². The molecule has 2 aliphatic carbocycles. The van der Waals surface area contributed by atoms with Crippen molar-refractivity contribution in [2.24, 2.45) is 5.41 Å². The van der Waals surface area contributed by atoms with Gasteiger partial charge in [0.2, 0.25) is 5.16 Å². The fraction of sp³-hybridized carbons (Fsp3) is 0.607. The van der Waals surface area contributed by atoms with E-state index in [1.54, 1.807) is 11.2 Å². The number of anilines is 1. The van der Waals surface area contributed by atoms with Crippen LogP contribution in [0, 0.1) is 5.41 Å². The number of carbonyl (C=O) groups excluding carboxylic acids is 1. The second kappa shape index (κ2) is 9.43. The Bertz CT molecular complexity index is 1190. The van der Waals surface area contributed by atoms with Gasteiger partial charge in [0.1, 0.15) is 11.4 Å². The van der Waals surface area contributed by atoms with E-state index in [1.807, 2.05) is 20.8 Å². The lowest BCUT2D eigenvalue weighted by Gasteiger charge is -2.44. The van der Waals surface area contributed by atoms with Gasteiger partial charge in [-0.25, -0.2) is 14.8 Å². The molecule has 1 spiro atoms. The van der Waals surface area contributed by atoms with E-state index in [0.29, 0.717) is 24.8 Å². The number of rotatable bonds is 2. The van der Waals surface area contributed by atoms with Crippen LogP contribution in [0.1, 0.15) is 62.9 Å². The highest BCUT2D eigenvalue weighted by molar-refractivity contribution is 7.84. The van der Waals surface area contributed by atoms with E-state index in [4.69, 9.17) is 14.7 Å². The first-order valence-corrected chi connectivity index (χ1v) is 14.6. The SMILES string of the molecule is C[C@H]1CN(C(=O)OC(C)(C)C)CCN1c1nc(S(C)=O)nc2c1CC[C@@]1(CCc3ccccc3C1)C2. The monoisotopic (exact) mass is 510 g/mol. The van der Waals surface area contributed by atoms with Crippen molar-refractivity contribution in [2.45, 2.75) is 83.0 Å². The summed E-state index contributed by atoms with van der Waals surface area (Å²) >= 11 is 0. The molecule has 3 aliphatic rings. The predicted molar refractivity (Wildman–Crippen MR) is 142 cm³/mol. The van der Waals surface area contributed by atoms with Crippen LogP contribution in [0.5, 0.6) is 0 Å². The highest BCUT2D eigenvalue weighted by atomic mass is 32.2. The molecule has 0 bridgehead atoms. The second-order valence-corrected chi connectivity index (χ2v) is 13.1. The fourth-order valence-corrected chi connectivity index (χ4v) is 6.55. The van der Waals surface area contributed by atoms with Gasteiger partial charge in [0, 0.05) is 37.5 Å². The van der Waals surface area contributed by atoms with Gasteiger partial charge < -0.3 is 14.5 Å². The standard InChI is InChI=1S/C28H38N4O3S/c1-19-18-31(26(33)35-27(2,3)4)14-15-32(19)24-22-11-13-28(17-23(22)29-25(30-24)36(5)34)12-10-20-8-6-7-9-21(20)16-28/h6-9,19H,10-18H2,1-5H3/t19-,28+,36?/m0/s1. The Labute approximate surface area is 217 Å². The van der Waals surface area contributed by atoms with Crippen molar-refractivity contribution in [3.8, 4) is 0 Å². The lowest BCUT2D eigenvalue weighted by Crippen LogP contribution is -2.55. The van der Waals surface area contributed by atoms with Crippen LogP contribution < -0.4 is 4.90 Å². The van der Waals surface area contributed by atoms with Crippen LogP contribution in [-0.4, -0.2) is 62.7 Å². The molecule has 2 heterocycles. The van der Waals surface area contributed by atoms with Gasteiger partial charge in [0.05, 0.1) is 16.5 Å². The van der Waals surface area contributed by atoms with Crippen molar-refractivity contribution in [3.63, 3.8) is 0 Å². The average Bonchev–Trinajstić information content (AvgIpc) is 2.82. The quantitative estimate of drug-likeness (QED) is 0.560. The van der Waals surface area contributed by atoms with Crippen LogP contribution in [0.4, 0.5) is 10.6 Å². The molecule has 0 N–H and O–H groups in total. The van der Waals surface area contributed by atoms with Crippen LogP contribution in [0.3, 0.4) is 0 Å². The molecule has 1 aromatic carbocycles. The van der Waals surface area contributed by atoms with Crippen molar-refractivity contribution in [2.75, 3.05) is 30.8 Å². The number of amides is 1. The third-order valence-corrected chi connectivity index (χ3v) is 8.61. The third kappa shape index (κ3) is 5.01. The Kier molecular flexibility index (Phi) is 6.60. The molecule has 0 saturated carbocycles. The molecular weight excluding hydrogens is 472 g/mol. The molecule has 5 rings (SSSR count). The number of hydrogen-bond acceptors (Lipinski definition) is 6. The summed E-state index contributed by atoms with van der Waals surface area (Å²) in [4.78, 5) is 26.4. The third-order valence-electron chi connectivity index (χ3n) is 7.92. The molecule has 1 aliphatic heterocycles. The van der Waals surface area contributed by atoms with Crippen molar-refractivity contribution in [3.05, 3.63) is 46.6 Å². The zero-order chi connectivity index (χ0) is 25.7. The molecule has 1 unspecified atom stereocenters. The van der Waals surface area contributed by atoms with Crippen molar-refractivity contribution in [1.29, 1.82) is 0 Å². The van der Waals surface area contributed by atoms with E-state index < -0.39 is 16.4 Å². The number of nitrogens with zero attached hydrogens (tertiary/aromatic N) is 4. The maximum absolute atomic E-state index is 12.7. The Hall–Kier alpha value is -2.48. The van der Waals surface area contributed by atoms with Crippen LogP contribution in [0.2, 0.25) is 0 Å². The Morgan fingerprint density at radius 2 is 1.81 bits per heavy atom. The minimum Gasteiger partial charge on any atom is -0.444 e. The van der Waals surface area contributed by atoms with Crippen molar-refractivity contribution in [1.82, 2.24) is 14.9 Å². The van der Waals surface area contributed by atoms with Gasteiger partial charge in [-0.1, -0.05) is 24.3 Å². The normalized spacial score (nSPS) is 24.8. The average molecular weight is 511 g/mol. The van der Waals surface area contributed by atoms with E-state index in [1.165, 1.54) is 16.7 Å². The first-order valence-electron chi connectivity index (χ1n) is 13.1. The van der Waals surface area contributed by atoms with E-state index in [-0.39, 0.29) is 17.6 Å². The Morgan fingerprint density at radius 3 is 2.50 bits per heavy atom. The number of aromatic nitrogens is 2. The molecule has 1 aromatic heterocycles. The maximum atomic E-state index is 12.7. The predicted octanol–water partition coefficient (Wildman–Crippen LogP) is 4.32. The number of piperazine rings is 1. The highest BCUT2D eigenvalue weighted by Gasteiger charge is 2.41. The van der Waals surface area contributed by atoms with Gasteiger partial charge in [-0.3, -0.25) is 4.21 Å². The molecule has 194 valence electrons. The summed E-state index contributed by atoms with van der Waals surface area (Å²) in [6.45, 7) is 9.60. The Morgan fingerprint density at radius 1 is 1.08 bits per heavy atom. The first kappa shape index (κ1) is 25.2. The van der Waals surface area contributed by atoms with Gasteiger partial charge >= 0.3 is 6.09 Å². The van der Waals surface area contributed by atoms with E-state index >= 15 is 0 Å². The number of benzene rings is 1. The topological polar surface area (TPSA) is 75.6 Å². The highest BCUT2D eigenvalue weighted by Crippen LogP contribution is 2.46. The molecule has 36 heavy (non-hydrogen) atoms. The summed E-state index contributed by atoms with van der Waals surface area (Å²) < 4.78 is 18.2. The van der Waals surface area contributed by atoms with Crippen molar-refractivity contribution < 1.29 is 13.7 Å². The number of carbonyl (C=O) groups is 1. The van der Waals surface area contributed by atoms with Crippen LogP contribution in [0.15, 0.2) is 29.4 Å². The molecule has 7 nitrogen and oxygen atoms in total. The van der Waals surface area contributed by atoms with Gasteiger partial charge in [-0.15, -0.1) is 0 Å². The smallest absolute Gasteiger partial charge is 0.410 e. The number of hydrogen-bond donors (Lipinski definition) is 0. The lowest BCUT2D eigenvalue weighted by atomic mass is 9.63. The van der Waals surface area contributed by atoms with E-state index in [2.05, 4.69) is 36.1 Å². The first-order chi connectivity index (χ1) is 17.0. The molecule has 3 atom stereocenters. The molecule has 2 aromatic rings. The molecule has 1 amide bonds. The van der Waals surface area contributed by atoms with E-state index in [9.17, 15) is 9.00 Å². The summed E-state index contributed by atoms with van der Waals surface area (Å²) in [5.74, 6) is 0.910. The summed E-state index contributed by atoms with van der Waals surface area (Å²) in [5, 5.41) is 0.416. The number of ether oxygens (including phenoxy) is 1. The number of aryl methyl sites for hydroxylation is 1. The fourth-order valence-electron chi connectivity index (χ4n) is 6.09.